The van der Waals surface area contributed by atoms with Crippen LogP contribution in [0, 0.1) is 16.0 Å². The van der Waals surface area contributed by atoms with E-state index >= 15 is 0 Å². The molecule has 0 fully saturated rings. The van der Waals surface area contributed by atoms with Crippen LogP contribution in [0.5, 0.6) is 0 Å². The van der Waals surface area contributed by atoms with E-state index in [-0.39, 0.29) is 15.4 Å². The highest BCUT2D eigenvalue weighted by atomic mass is 79.9. The van der Waals surface area contributed by atoms with Gasteiger partial charge >= 0.3 is 0 Å². The maximum Gasteiger partial charge on any atom is 0.291 e. The second-order valence-electron chi connectivity index (χ2n) is 4.76. The molecule has 1 rings (SSSR count). The standard InChI is InChI=1S/C12H16BrNO4S/c1-8(2)10(13)7-9-5-4-6-11(19(3,17)18)12(9)14(15)16/h4-6,8,10H,7H2,1-3H3. The Hall–Kier alpha value is -0.950. The van der Waals surface area contributed by atoms with E-state index in [0.717, 1.165) is 6.26 Å². The third-order valence-electron chi connectivity index (χ3n) is 2.80. The van der Waals surface area contributed by atoms with Crippen LogP contribution < -0.4 is 0 Å². The molecule has 0 spiro atoms. The van der Waals surface area contributed by atoms with Crippen molar-refractivity contribution in [2.75, 3.05) is 6.26 Å². The largest absolute Gasteiger partial charge is 0.291 e. The lowest BCUT2D eigenvalue weighted by molar-refractivity contribution is -0.388. The first kappa shape index (κ1) is 16.1. The molecule has 0 saturated heterocycles. The minimum absolute atomic E-state index is 0.0565. The van der Waals surface area contributed by atoms with E-state index in [9.17, 15) is 18.5 Å². The van der Waals surface area contributed by atoms with Crippen LogP contribution in [-0.4, -0.2) is 24.4 Å². The van der Waals surface area contributed by atoms with E-state index in [1.165, 1.54) is 6.07 Å². The van der Waals surface area contributed by atoms with Gasteiger partial charge in [0.15, 0.2) is 9.84 Å². The maximum absolute atomic E-state index is 11.6. The van der Waals surface area contributed by atoms with Gasteiger partial charge in [-0.1, -0.05) is 41.9 Å². The fourth-order valence-corrected chi connectivity index (χ4v) is 2.92. The van der Waals surface area contributed by atoms with Gasteiger partial charge < -0.3 is 0 Å². The molecule has 0 aliphatic rings. The molecule has 0 saturated carbocycles. The molecule has 0 N–H and O–H groups in total. The van der Waals surface area contributed by atoms with Crippen LogP contribution in [0.4, 0.5) is 5.69 Å². The Morgan fingerprint density at radius 3 is 2.37 bits per heavy atom. The van der Waals surface area contributed by atoms with E-state index < -0.39 is 14.8 Å². The lowest BCUT2D eigenvalue weighted by Gasteiger charge is -2.14. The van der Waals surface area contributed by atoms with E-state index in [1.54, 1.807) is 12.1 Å². The molecule has 1 aromatic rings. The number of benzene rings is 1. The molecule has 0 aromatic heterocycles. The summed E-state index contributed by atoms with van der Waals surface area (Å²) in [7, 11) is -3.61. The molecule has 106 valence electrons. The summed E-state index contributed by atoms with van der Waals surface area (Å²) < 4.78 is 23.2. The summed E-state index contributed by atoms with van der Waals surface area (Å²) in [5.41, 5.74) is 0.124. The number of halogens is 1. The first-order chi connectivity index (χ1) is 8.64. The normalized spacial score (nSPS) is 13.5. The van der Waals surface area contributed by atoms with Crippen molar-refractivity contribution in [3.05, 3.63) is 33.9 Å². The summed E-state index contributed by atoms with van der Waals surface area (Å²) in [5.74, 6) is 0.293. The molecule has 1 aromatic carbocycles. The molecule has 7 heteroatoms. The van der Waals surface area contributed by atoms with E-state index in [1.807, 2.05) is 13.8 Å². The number of para-hydroxylation sites is 1. The minimum Gasteiger partial charge on any atom is -0.258 e. The molecule has 0 aliphatic carbocycles. The highest BCUT2D eigenvalue weighted by Crippen LogP contribution is 2.30. The van der Waals surface area contributed by atoms with Crippen molar-refractivity contribution in [2.45, 2.75) is 30.0 Å². The molecular formula is C12H16BrNO4S. The third-order valence-corrected chi connectivity index (χ3v) is 5.31. The Kier molecular flexibility index (Phi) is 5.09. The SMILES string of the molecule is CC(C)C(Br)Cc1cccc(S(C)(=O)=O)c1[N+](=O)[O-]. The smallest absolute Gasteiger partial charge is 0.258 e. The number of nitro groups is 1. The molecule has 0 radical (unpaired) electrons. The first-order valence-electron chi connectivity index (χ1n) is 5.75. The van der Waals surface area contributed by atoms with Crippen molar-refractivity contribution in [1.29, 1.82) is 0 Å². The summed E-state index contributed by atoms with van der Waals surface area (Å²) in [6.45, 7) is 3.98. The van der Waals surface area contributed by atoms with E-state index in [0.29, 0.717) is 17.9 Å². The predicted molar refractivity (Wildman–Crippen MR) is 77.5 cm³/mol. The number of rotatable bonds is 5. The minimum atomic E-state index is -3.61. The third kappa shape index (κ3) is 4.01. The van der Waals surface area contributed by atoms with Crippen molar-refractivity contribution in [1.82, 2.24) is 0 Å². The van der Waals surface area contributed by atoms with E-state index in [2.05, 4.69) is 15.9 Å². The average molecular weight is 350 g/mol. The number of nitrogens with zero attached hydrogens (tertiary/aromatic N) is 1. The highest BCUT2D eigenvalue weighted by molar-refractivity contribution is 9.09. The lowest BCUT2D eigenvalue weighted by atomic mass is 10.0. The predicted octanol–water partition coefficient (Wildman–Crippen LogP) is 2.96. The van der Waals surface area contributed by atoms with Crippen LogP contribution in [0.2, 0.25) is 0 Å². The molecule has 0 amide bonds. The zero-order valence-corrected chi connectivity index (χ0v) is 13.4. The Morgan fingerprint density at radius 2 is 1.95 bits per heavy atom. The monoisotopic (exact) mass is 349 g/mol. The van der Waals surface area contributed by atoms with Crippen molar-refractivity contribution in [2.24, 2.45) is 5.92 Å². The van der Waals surface area contributed by atoms with Gasteiger partial charge in [-0.25, -0.2) is 8.42 Å². The van der Waals surface area contributed by atoms with Gasteiger partial charge in [0, 0.05) is 16.6 Å². The van der Waals surface area contributed by atoms with Crippen LogP contribution >= 0.6 is 15.9 Å². The Labute approximate surface area is 121 Å². The second-order valence-corrected chi connectivity index (χ2v) is 7.92. The lowest BCUT2D eigenvalue weighted by Crippen LogP contribution is -2.13. The zero-order chi connectivity index (χ0) is 14.8. The second kappa shape index (κ2) is 6.00. The summed E-state index contributed by atoms with van der Waals surface area (Å²) in [4.78, 5) is 10.4. The molecule has 1 atom stereocenters. The summed E-state index contributed by atoms with van der Waals surface area (Å²) >= 11 is 3.47. The van der Waals surface area contributed by atoms with Gasteiger partial charge in [0.2, 0.25) is 0 Å². The summed E-state index contributed by atoms with van der Waals surface area (Å²) in [6, 6.07) is 4.41. The van der Waals surface area contributed by atoms with Gasteiger partial charge in [-0.15, -0.1) is 0 Å². The van der Waals surface area contributed by atoms with Gasteiger partial charge in [-0.05, 0) is 18.4 Å². The van der Waals surface area contributed by atoms with E-state index in [4.69, 9.17) is 0 Å². The number of nitro benzene ring substituents is 1. The fourth-order valence-electron chi connectivity index (χ4n) is 1.68. The maximum atomic E-state index is 11.6. The summed E-state index contributed by atoms with van der Waals surface area (Å²) in [6.07, 6.45) is 1.39. The van der Waals surface area contributed by atoms with Crippen LogP contribution in [0.3, 0.4) is 0 Å². The van der Waals surface area contributed by atoms with Crippen LogP contribution in [0.15, 0.2) is 23.1 Å². The Balaban J connectivity index is 3.38. The van der Waals surface area contributed by atoms with Gasteiger partial charge in [0.25, 0.3) is 5.69 Å². The summed E-state index contributed by atoms with van der Waals surface area (Å²) in [5, 5.41) is 11.2. The molecule has 0 aliphatic heterocycles. The topological polar surface area (TPSA) is 77.3 Å². The van der Waals surface area contributed by atoms with Crippen molar-refractivity contribution >= 4 is 31.5 Å². The van der Waals surface area contributed by atoms with Crippen LogP contribution in [-0.2, 0) is 16.3 Å². The number of alkyl halides is 1. The molecule has 1 unspecified atom stereocenters. The van der Waals surface area contributed by atoms with Crippen molar-refractivity contribution in [3.63, 3.8) is 0 Å². The number of hydrogen-bond acceptors (Lipinski definition) is 4. The zero-order valence-electron chi connectivity index (χ0n) is 11.0. The van der Waals surface area contributed by atoms with Gasteiger partial charge in [-0.3, -0.25) is 10.1 Å². The molecule has 0 bridgehead atoms. The Bertz CT molecular complexity index is 583. The van der Waals surface area contributed by atoms with Crippen LogP contribution in [0.1, 0.15) is 19.4 Å². The van der Waals surface area contributed by atoms with Gasteiger partial charge in [0.1, 0.15) is 4.90 Å². The van der Waals surface area contributed by atoms with Gasteiger partial charge in [0.05, 0.1) is 4.92 Å². The Morgan fingerprint density at radius 1 is 1.37 bits per heavy atom. The van der Waals surface area contributed by atoms with Crippen molar-refractivity contribution in [3.8, 4) is 0 Å². The van der Waals surface area contributed by atoms with Gasteiger partial charge in [-0.2, -0.15) is 0 Å². The first-order valence-corrected chi connectivity index (χ1v) is 8.55. The molecule has 19 heavy (non-hydrogen) atoms. The number of hydrogen-bond donors (Lipinski definition) is 0. The van der Waals surface area contributed by atoms with Crippen molar-refractivity contribution < 1.29 is 13.3 Å². The molecule has 0 heterocycles. The average Bonchev–Trinajstić information content (AvgIpc) is 2.26. The molecular weight excluding hydrogens is 334 g/mol. The highest BCUT2D eigenvalue weighted by Gasteiger charge is 2.27. The molecule has 5 nitrogen and oxygen atoms in total. The fraction of sp³-hybridized carbons (Fsp3) is 0.500. The quantitative estimate of drug-likeness (QED) is 0.465. The number of sulfone groups is 1. The van der Waals surface area contributed by atoms with Crippen LogP contribution in [0.25, 0.3) is 0 Å².